The van der Waals surface area contributed by atoms with Gasteiger partial charge in [-0.05, 0) is 37.4 Å². The second-order valence-corrected chi connectivity index (χ2v) is 6.24. The van der Waals surface area contributed by atoms with Gasteiger partial charge in [0.2, 0.25) is 5.91 Å². The van der Waals surface area contributed by atoms with Gasteiger partial charge in [0.1, 0.15) is 0 Å². The van der Waals surface area contributed by atoms with Gasteiger partial charge in [-0.3, -0.25) is 9.69 Å². The van der Waals surface area contributed by atoms with Crippen LogP contribution in [0.2, 0.25) is 0 Å². The Morgan fingerprint density at radius 3 is 2.48 bits per heavy atom. The molecule has 1 heterocycles. The van der Waals surface area contributed by atoms with E-state index in [4.69, 9.17) is 0 Å². The summed E-state index contributed by atoms with van der Waals surface area (Å²) in [5, 5.41) is 3.11. The number of carbonyl (C=O) groups is 1. The minimum atomic E-state index is 0.0430. The molecule has 1 fully saturated rings. The van der Waals surface area contributed by atoms with Crippen molar-refractivity contribution in [2.24, 2.45) is 0 Å². The Labute approximate surface area is 138 Å². The van der Waals surface area contributed by atoms with Crippen molar-refractivity contribution >= 4 is 5.91 Å². The minimum absolute atomic E-state index is 0.0430. The molecule has 0 unspecified atom stereocenters. The maximum atomic E-state index is 12.4. The highest BCUT2D eigenvalue weighted by Crippen LogP contribution is 2.31. The number of hydrogen-bond acceptors (Lipinski definition) is 2. The fraction of sp³-hybridized carbons (Fsp3) is 0.350. The average molecular weight is 308 g/mol. The van der Waals surface area contributed by atoms with E-state index < -0.39 is 0 Å². The van der Waals surface area contributed by atoms with Crippen molar-refractivity contribution in [2.45, 2.75) is 31.8 Å². The standard InChI is InChI=1S/C20H24N2O/c1-16(17-9-4-2-5-10-17)21-20(23)15-22-14-8-13-19(22)18-11-6-3-7-12-18/h2-7,9-12,16,19H,8,13-15H2,1H3,(H,21,23)/t16-,19+/m0/s1. The van der Waals surface area contributed by atoms with E-state index in [-0.39, 0.29) is 11.9 Å². The molecule has 2 aromatic rings. The molecular weight excluding hydrogens is 284 g/mol. The van der Waals surface area contributed by atoms with E-state index in [0.717, 1.165) is 24.9 Å². The summed E-state index contributed by atoms with van der Waals surface area (Å²) in [4.78, 5) is 14.7. The van der Waals surface area contributed by atoms with Crippen LogP contribution in [-0.2, 0) is 4.79 Å². The number of nitrogens with one attached hydrogen (secondary N) is 1. The van der Waals surface area contributed by atoms with E-state index in [9.17, 15) is 4.79 Å². The summed E-state index contributed by atoms with van der Waals surface area (Å²) in [6.07, 6.45) is 2.28. The first-order valence-electron chi connectivity index (χ1n) is 8.37. The van der Waals surface area contributed by atoms with Crippen LogP contribution in [0.5, 0.6) is 0 Å². The van der Waals surface area contributed by atoms with Crippen LogP contribution in [0.3, 0.4) is 0 Å². The molecule has 3 rings (SSSR count). The van der Waals surface area contributed by atoms with Gasteiger partial charge in [0.05, 0.1) is 12.6 Å². The maximum absolute atomic E-state index is 12.4. The lowest BCUT2D eigenvalue weighted by atomic mass is 10.0. The third kappa shape index (κ3) is 3.99. The van der Waals surface area contributed by atoms with E-state index in [2.05, 4.69) is 34.5 Å². The molecule has 1 aliphatic heterocycles. The second-order valence-electron chi connectivity index (χ2n) is 6.24. The van der Waals surface area contributed by atoms with Crippen LogP contribution >= 0.6 is 0 Å². The van der Waals surface area contributed by atoms with Crippen LogP contribution in [0.4, 0.5) is 0 Å². The monoisotopic (exact) mass is 308 g/mol. The summed E-state index contributed by atoms with van der Waals surface area (Å²) >= 11 is 0. The molecule has 0 radical (unpaired) electrons. The van der Waals surface area contributed by atoms with E-state index in [1.165, 1.54) is 5.56 Å². The molecule has 3 heteroatoms. The number of hydrogen-bond donors (Lipinski definition) is 1. The molecule has 1 saturated heterocycles. The van der Waals surface area contributed by atoms with Gasteiger partial charge in [0, 0.05) is 6.04 Å². The van der Waals surface area contributed by atoms with Gasteiger partial charge in [0.15, 0.2) is 0 Å². The molecule has 2 aromatic carbocycles. The first kappa shape index (κ1) is 15.8. The molecule has 3 nitrogen and oxygen atoms in total. The molecule has 0 bridgehead atoms. The Morgan fingerprint density at radius 1 is 1.13 bits per heavy atom. The van der Waals surface area contributed by atoms with Crippen molar-refractivity contribution in [2.75, 3.05) is 13.1 Å². The Bertz CT molecular complexity index is 627. The first-order chi connectivity index (χ1) is 11.2. The fourth-order valence-corrected chi connectivity index (χ4v) is 3.36. The van der Waals surface area contributed by atoms with Crippen molar-refractivity contribution in [3.8, 4) is 0 Å². The topological polar surface area (TPSA) is 32.3 Å². The highest BCUT2D eigenvalue weighted by Gasteiger charge is 2.27. The van der Waals surface area contributed by atoms with Gasteiger partial charge in [0.25, 0.3) is 0 Å². The third-order valence-electron chi connectivity index (χ3n) is 4.57. The number of likely N-dealkylation sites (tertiary alicyclic amines) is 1. The van der Waals surface area contributed by atoms with Gasteiger partial charge in [-0.1, -0.05) is 60.7 Å². The van der Waals surface area contributed by atoms with Gasteiger partial charge >= 0.3 is 0 Å². The Morgan fingerprint density at radius 2 is 1.78 bits per heavy atom. The van der Waals surface area contributed by atoms with Crippen LogP contribution in [0.1, 0.15) is 43.0 Å². The molecular formula is C20H24N2O. The quantitative estimate of drug-likeness (QED) is 0.913. The lowest BCUT2D eigenvalue weighted by Gasteiger charge is -2.25. The Hall–Kier alpha value is -2.13. The van der Waals surface area contributed by atoms with E-state index in [1.807, 2.05) is 43.3 Å². The van der Waals surface area contributed by atoms with E-state index in [0.29, 0.717) is 12.6 Å². The molecule has 1 aliphatic rings. The van der Waals surface area contributed by atoms with Crippen molar-refractivity contribution in [3.05, 3.63) is 71.8 Å². The normalized spacial score (nSPS) is 19.4. The lowest BCUT2D eigenvalue weighted by Crippen LogP contribution is -2.38. The summed E-state index contributed by atoms with van der Waals surface area (Å²) < 4.78 is 0. The summed E-state index contributed by atoms with van der Waals surface area (Å²) in [6, 6.07) is 21.0. The molecule has 0 saturated carbocycles. The summed E-state index contributed by atoms with van der Waals surface area (Å²) in [7, 11) is 0. The number of benzene rings is 2. The highest BCUT2D eigenvalue weighted by molar-refractivity contribution is 5.78. The molecule has 2 atom stereocenters. The smallest absolute Gasteiger partial charge is 0.234 e. The lowest BCUT2D eigenvalue weighted by molar-refractivity contribution is -0.123. The molecule has 120 valence electrons. The number of amides is 1. The van der Waals surface area contributed by atoms with Crippen LogP contribution < -0.4 is 5.32 Å². The number of carbonyl (C=O) groups excluding carboxylic acids is 1. The average Bonchev–Trinajstić information content (AvgIpc) is 3.04. The second kappa shape index (κ2) is 7.42. The fourth-order valence-electron chi connectivity index (χ4n) is 3.36. The minimum Gasteiger partial charge on any atom is -0.348 e. The predicted octanol–water partition coefficient (Wildman–Crippen LogP) is 3.70. The molecule has 0 aliphatic carbocycles. The molecule has 0 spiro atoms. The zero-order valence-corrected chi connectivity index (χ0v) is 13.6. The third-order valence-corrected chi connectivity index (χ3v) is 4.57. The van der Waals surface area contributed by atoms with Gasteiger partial charge in [-0.15, -0.1) is 0 Å². The van der Waals surface area contributed by atoms with E-state index >= 15 is 0 Å². The summed E-state index contributed by atoms with van der Waals surface area (Å²) in [5.74, 6) is 0.101. The molecule has 0 aromatic heterocycles. The largest absolute Gasteiger partial charge is 0.348 e. The van der Waals surface area contributed by atoms with Crippen molar-refractivity contribution in [1.29, 1.82) is 0 Å². The van der Waals surface area contributed by atoms with Gasteiger partial charge in [-0.25, -0.2) is 0 Å². The van der Waals surface area contributed by atoms with Crippen LogP contribution in [0.25, 0.3) is 0 Å². The van der Waals surface area contributed by atoms with Crippen molar-refractivity contribution < 1.29 is 4.79 Å². The Balaban J connectivity index is 1.59. The van der Waals surface area contributed by atoms with Gasteiger partial charge in [-0.2, -0.15) is 0 Å². The summed E-state index contributed by atoms with van der Waals surface area (Å²) in [6.45, 7) is 3.50. The molecule has 1 N–H and O–H groups in total. The zero-order chi connectivity index (χ0) is 16.1. The van der Waals surface area contributed by atoms with Gasteiger partial charge < -0.3 is 5.32 Å². The van der Waals surface area contributed by atoms with Crippen LogP contribution in [0.15, 0.2) is 60.7 Å². The van der Waals surface area contributed by atoms with Crippen molar-refractivity contribution in [3.63, 3.8) is 0 Å². The molecule has 23 heavy (non-hydrogen) atoms. The predicted molar refractivity (Wildman–Crippen MR) is 93.0 cm³/mol. The first-order valence-corrected chi connectivity index (χ1v) is 8.37. The highest BCUT2D eigenvalue weighted by atomic mass is 16.2. The molecule has 1 amide bonds. The van der Waals surface area contributed by atoms with E-state index in [1.54, 1.807) is 0 Å². The number of rotatable bonds is 5. The zero-order valence-electron chi connectivity index (χ0n) is 13.6. The SMILES string of the molecule is C[C@H](NC(=O)CN1CCC[C@@H]1c1ccccc1)c1ccccc1. The van der Waals surface area contributed by atoms with Crippen LogP contribution in [-0.4, -0.2) is 23.9 Å². The van der Waals surface area contributed by atoms with Crippen molar-refractivity contribution in [1.82, 2.24) is 10.2 Å². The number of nitrogens with zero attached hydrogens (tertiary/aromatic N) is 1. The van der Waals surface area contributed by atoms with Crippen LogP contribution in [0, 0.1) is 0 Å². The Kier molecular flexibility index (Phi) is 5.09. The maximum Gasteiger partial charge on any atom is 0.234 e. The summed E-state index contributed by atoms with van der Waals surface area (Å²) in [5.41, 5.74) is 2.45.